The van der Waals surface area contributed by atoms with Gasteiger partial charge in [0.05, 0.1) is 7.11 Å². The Morgan fingerprint density at radius 2 is 1.63 bits per heavy atom. The van der Waals surface area contributed by atoms with Gasteiger partial charge in [0.2, 0.25) is 0 Å². The van der Waals surface area contributed by atoms with Crippen LogP contribution in [0.3, 0.4) is 0 Å². The van der Waals surface area contributed by atoms with Crippen LogP contribution in [0.25, 0.3) is 0 Å². The molecule has 0 radical (unpaired) electrons. The summed E-state index contributed by atoms with van der Waals surface area (Å²) < 4.78 is 5.36. The molecule has 0 aliphatic heterocycles. The van der Waals surface area contributed by atoms with Crippen molar-refractivity contribution in [3.8, 4) is 5.75 Å². The van der Waals surface area contributed by atoms with E-state index < -0.39 is 0 Å². The maximum atomic E-state index is 5.64. The third-order valence-corrected chi connectivity index (χ3v) is 3.30. The van der Waals surface area contributed by atoms with Gasteiger partial charge in [-0.05, 0) is 48.6 Å². The van der Waals surface area contributed by atoms with E-state index in [9.17, 15) is 0 Å². The van der Waals surface area contributed by atoms with Crippen LogP contribution in [0.2, 0.25) is 0 Å². The van der Waals surface area contributed by atoms with E-state index in [0.29, 0.717) is 6.54 Å². The Labute approximate surface area is 115 Å². The lowest BCUT2D eigenvalue weighted by Gasteiger charge is -2.10. The normalized spacial score (nSPS) is 10.4. The Balaban J connectivity index is 2.06. The van der Waals surface area contributed by atoms with Crippen LogP contribution in [0.1, 0.15) is 16.7 Å². The second kappa shape index (κ2) is 6.95. The van der Waals surface area contributed by atoms with Crippen molar-refractivity contribution in [3.63, 3.8) is 0 Å². The molecule has 2 heteroatoms. The minimum Gasteiger partial charge on any atom is -0.496 e. The molecular formula is C17H21NO. The number of nitrogens with two attached hydrogens (primary N) is 1. The first kappa shape index (κ1) is 13.6. The van der Waals surface area contributed by atoms with Gasteiger partial charge in [-0.15, -0.1) is 0 Å². The number of hydrogen-bond donors (Lipinski definition) is 1. The van der Waals surface area contributed by atoms with Crippen molar-refractivity contribution in [2.75, 3.05) is 13.7 Å². The van der Waals surface area contributed by atoms with Crippen molar-refractivity contribution >= 4 is 0 Å². The Bertz CT molecular complexity index is 508. The SMILES string of the molecule is COc1ccc(CCc2ccccc2)cc1CCN. The van der Waals surface area contributed by atoms with Gasteiger partial charge in [-0.3, -0.25) is 0 Å². The summed E-state index contributed by atoms with van der Waals surface area (Å²) in [6.45, 7) is 0.651. The zero-order chi connectivity index (χ0) is 13.5. The quantitative estimate of drug-likeness (QED) is 0.861. The number of methoxy groups -OCH3 is 1. The summed E-state index contributed by atoms with van der Waals surface area (Å²) in [7, 11) is 1.71. The molecule has 0 bridgehead atoms. The lowest BCUT2D eigenvalue weighted by Crippen LogP contribution is -2.05. The van der Waals surface area contributed by atoms with Crippen LogP contribution in [-0.4, -0.2) is 13.7 Å². The molecule has 0 amide bonds. The van der Waals surface area contributed by atoms with Crippen molar-refractivity contribution in [3.05, 3.63) is 65.2 Å². The molecule has 0 aromatic heterocycles. The Morgan fingerprint density at radius 1 is 0.895 bits per heavy atom. The first-order valence-corrected chi connectivity index (χ1v) is 6.73. The topological polar surface area (TPSA) is 35.2 Å². The number of rotatable bonds is 6. The fraction of sp³-hybridized carbons (Fsp3) is 0.294. The van der Waals surface area contributed by atoms with Crippen molar-refractivity contribution in [2.45, 2.75) is 19.3 Å². The summed E-state index contributed by atoms with van der Waals surface area (Å²) in [6, 6.07) is 17.0. The first-order valence-electron chi connectivity index (χ1n) is 6.73. The third-order valence-electron chi connectivity index (χ3n) is 3.30. The lowest BCUT2D eigenvalue weighted by molar-refractivity contribution is 0.409. The van der Waals surface area contributed by atoms with Gasteiger partial charge in [0.25, 0.3) is 0 Å². The van der Waals surface area contributed by atoms with Gasteiger partial charge in [-0.25, -0.2) is 0 Å². The summed E-state index contributed by atoms with van der Waals surface area (Å²) in [5.41, 5.74) is 9.56. The van der Waals surface area contributed by atoms with Gasteiger partial charge in [0.15, 0.2) is 0 Å². The highest BCUT2D eigenvalue weighted by Crippen LogP contribution is 2.21. The fourth-order valence-electron chi connectivity index (χ4n) is 2.27. The van der Waals surface area contributed by atoms with Crippen molar-refractivity contribution in [1.82, 2.24) is 0 Å². The molecule has 2 nitrogen and oxygen atoms in total. The van der Waals surface area contributed by atoms with E-state index in [2.05, 4.69) is 42.5 Å². The summed E-state index contributed by atoms with van der Waals surface area (Å²) >= 11 is 0. The number of hydrogen-bond acceptors (Lipinski definition) is 2. The van der Waals surface area contributed by atoms with Crippen LogP contribution in [-0.2, 0) is 19.3 Å². The molecule has 100 valence electrons. The number of ether oxygens (including phenoxy) is 1. The average molecular weight is 255 g/mol. The van der Waals surface area contributed by atoms with Gasteiger partial charge in [-0.2, -0.15) is 0 Å². The predicted molar refractivity (Wildman–Crippen MR) is 79.6 cm³/mol. The van der Waals surface area contributed by atoms with E-state index in [0.717, 1.165) is 25.0 Å². The number of aryl methyl sites for hydroxylation is 2. The van der Waals surface area contributed by atoms with E-state index in [-0.39, 0.29) is 0 Å². The monoisotopic (exact) mass is 255 g/mol. The largest absolute Gasteiger partial charge is 0.496 e. The minimum absolute atomic E-state index is 0.651. The van der Waals surface area contributed by atoms with Crippen LogP contribution in [0.15, 0.2) is 48.5 Å². The lowest BCUT2D eigenvalue weighted by atomic mass is 10.0. The molecular weight excluding hydrogens is 234 g/mol. The van der Waals surface area contributed by atoms with Crippen LogP contribution >= 0.6 is 0 Å². The predicted octanol–water partition coefficient (Wildman–Crippen LogP) is 2.98. The summed E-state index contributed by atoms with van der Waals surface area (Å²) in [4.78, 5) is 0. The highest BCUT2D eigenvalue weighted by molar-refractivity contribution is 5.38. The van der Waals surface area contributed by atoms with Gasteiger partial charge < -0.3 is 10.5 Å². The van der Waals surface area contributed by atoms with Gasteiger partial charge >= 0.3 is 0 Å². The molecule has 0 atom stereocenters. The van der Waals surface area contributed by atoms with Crippen LogP contribution in [0.4, 0.5) is 0 Å². The van der Waals surface area contributed by atoms with E-state index in [4.69, 9.17) is 10.5 Å². The van der Waals surface area contributed by atoms with Crippen molar-refractivity contribution < 1.29 is 4.74 Å². The van der Waals surface area contributed by atoms with E-state index in [1.807, 2.05) is 6.07 Å². The van der Waals surface area contributed by atoms with Crippen molar-refractivity contribution in [2.24, 2.45) is 5.73 Å². The average Bonchev–Trinajstić information content (AvgIpc) is 2.47. The van der Waals surface area contributed by atoms with Gasteiger partial charge in [0, 0.05) is 0 Å². The molecule has 2 aromatic rings. The molecule has 0 heterocycles. The van der Waals surface area contributed by atoms with Crippen LogP contribution in [0, 0.1) is 0 Å². The Morgan fingerprint density at radius 3 is 2.32 bits per heavy atom. The van der Waals surface area contributed by atoms with E-state index in [1.165, 1.54) is 16.7 Å². The Kier molecular flexibility index (Phi) is 4.99. The molecule has 2 rings (SSSR count). The second-order valence-electron chi connectivity index (χ2n) is 4.67. The first-order chi connectivity index (χ1) is 9.33. The molecule has 0 aliphatic carbocycles. The highest BCUT2D eigenvalue weighted by Gasteiger charge is 2.04. The molecule has 2 N–H and O–H groups in total. The van der Waals surface area contributed by atoms with E-state index in [1.54, 1.807) is 7.11 Å². The zero-order valence-corrected chi connectivity index (χ0v) is 11.4. The molecule has 0 spiro atoms. The maximum Gasteiger partial charge on any atom is 0.122 e. The molecule has 0 fully saturated rings. The maximum absolute atomic E-state index is 5.64. The van der Waals surface area contributed by atoms with E-state index >= 15 is 0 Å². The molecule has 0 unspecified atom stereocenters. The standard InChI is InChI=1S/C17H21NO/c1-19-17-10-9-15(13-16(17)11-12-18)8-7-14-5-3-2-4-6-14/h2-6,9-10,13H,7-8,11-12,18H2,1H3. The molecule has 19 heavy (non-hydrogen) atoms. The summed E-state index contributed by atoms with van der Waals surface area (Å²) in [5.74, 6) is 0.939. The molecule has 2 aromatic carbocycles. The summed E-state index contributed by atoms with van der Waals surface area (Å²) in [5, 5.41) is 0. The second-order valence-corrected chi connectivity index (χ2v) is 4.67. The van der Waals surface area contributed by atoms with Crippen LogP contribution < -0.4 is 10.5 Å². The summed E-state index contributed by atoms with van der Waals surface area (Å²) in [6.07, 6.45) is 2.98. The molecule has 0 saturated carbocycles. The molecule has 0 saturated heterocycles. The zero-order valence-electron chi connectivity index (χ0n) is 11.4. The van der Waals surface area contributed by atoms with Crippen LogP contribution in [0.5, 0.6) is 5.75 Å². The minimum atomic E-state index is 0.651. The smallest absolute Gasteiger partial charge is 0.122 e. The van der Waals surface area contributed by atoms with Crippen molar-refractivity contribution in [1.29, 1.82) is 0 Å². The Hall–Kier alpha value is -1.80. The number of benzene rings is 2. The third kappa shape index (κ3) is 3.83. The highest BCUT2D eigenvalue weighted by atomic mass is 16.5. The van der Waals surface area contributed by atoms with Gasteiger partial charge in [-0.1, -0.05) is 42.5 Å². The van der Waals surface area contributed by atoms with Gasteiger partial charge in [0.1, 0.15) is 5.75 Å². The molecule has 0 aliphatic rings. The fourth-order valence-corrected chi connectivity index (χ4v) is 2.27.